The predicted octanol–water partition coefficient (Wildman–Crippen LogP) is 2.16. The van der Waals surface area contributed by atoms with E-state index >= 15 is 0 Å². The molecule has 16 heavy (non-hydrogen) atoms. The third-order valence-electron chi connectivity index (χ3n) is 3.92. The Morgan fingerprint density at radius 3 is 2.62 bits per heavy atom. The Kier molecular flexibility index (Phi) is 2.35. The maximum Gasteiger partial charge on any atom is 0.0988 e. The van der Waals surface area contributed by atoms with Gasteiger partial charge in [0.25, 0.3) is 0 Å². The summed E-state index contributed by atoms with van der Waals surface area (Å²) in [7, 11) is 0. The van der Waals surface area contributed by atoms with Crippen molar-refractivity contribution in [2.75, 3.05) is 13.2 Å². The summed E-state index contributed by atoms with van der Waals surface area (Å²) in [6, 6.07) is 0. The number of nitrogens with zero attached hydrogens (tertiary/aromatic N) is 1. The molecule has 0 amide bonds. The van der Waals surface area contributed by atoms with Crippen molar-refractivity contribution in [1.82, 2.24) is 4.98 Å². The van der Waals surface area contributed by atoms with Crippen LogP contribution < -0.4 is 5.73 Å². The zero-order valence-corrected chi connectivity index (χ0v) is 10.5. The first-order chi connectivity index (χ1) is 7.62. The second kappa shape index (κ2) is 3.52. The molecule has 1 aromatic rings. The Labute approximate surface area is 100 Å². The third-order valence-corrected chi connectivity index (χ3v) is 5.06. The highest BCUT2D eigenvalue weighted by Crippen LogP contribution is 2.49. The fraction of sp³-hybridized carbons (Fsp3) is 0.750. The quantitative estimate of drug-likeness (QED) is 0.859. The lowest BCUT2D eigenvalue weighted by Crippen LogP contribution is -2.42. The second-order valence-electron chi connectivity index (χ2n) is 5.37. The molecule has 0 atom stereocenters. The van der Waals surface area contributed by atoms with Crippen molar-refractivity contribution < 1.29 is 4.74 Å². The van der Waals surface area contributed by atoms with Crippen LogP contribution in [0.2, 0.25) is 0 Å². The average molecular weight is 238 g/mol. The lowest BCUT2D eigenvalue weighted by molar-refractivity contribution is 0.0509. The highest BCUT2D eigenvalue weighted by molar-refractivity contribution is 7.09. The van der Waals surface area contributed by atoms with Gasteiger partial charge in [-0.1, -0.05) is 6.92 Å². The van der Waals surface area contributed by atoms with Crippen LogP contribution in [-0.4, -0.2) is 18.2 Å². The van der Waals surface area contributed by atoms with E-state index in [2.05, 4.69) is 12.3 Å². The van der Waals surface area contributed by atoms with Gasteiger partial charge >= 0.3 is 0 Å². The van der Waals surface area contributed by atoms with Crippen molar-refractivity contribution in [1.29, 1.82) is 0 Å². The Hall–Kier alpha value is -0.450. The van der Waals surface area contributed by atoms with Gasteiger partial charge in [0.2, 0.25) is 0 Å². The number of nitrogens with two attached hydrogens (primary N) is 1. The van der Waals surface area contributed by atoms with Crippen molar-refractivity contribution in [3.05, 3.63) is 16.1 Å². The van der Waals surface area contributed by atoms with Gasteiger partial charge in [-0.3, -0.25) is 0 Å². The molecule has 1 saturated heterocycles. The Bertz CT molecular complexity index is 391. The molecule has 0 spiro atoms. The van der Waals surface area contributed by atoms with E-state index in [4.69, 9.17) is 15.5 Å². The van der Waals surface area contributed by atoms with Crippen LogP contribution in [0.1, 0.15) is 43.3 Å². The number of thiazole rings is 1. The molecule has 0 aromatic carbocycles. The predicted molar refractivity (Wildman–Crippen MR) is 64.6 cm³/mol. The number of rotatable bonds is 2. The van der Waals surface area contributed by atoms with Crippen LogP contribution in [0, 0.1) is 0 Å². The molecule has 2 heterocycles. The highest BCUT2D eigenvalue weighted by Gasteiger charge is 2.43. The molecule has 88 valence electrons. The summed E-state index contributed by atoms with van der Waals surface area (Å²) in [5.74, 6) is 0. The fourth-order valence-electron chi connectivity index (χ4n) is 2.17. The molecule has 2 fully saturated rings. The summed E-state index contributed by atoms with van der Waals surface area (Å²) in [5.41, 5.74) is 7.64. The maximum atomic E-state index is 6.42. The van der Waals surface area contributed by atoms with Crippen LogP contribution in [0.4, 0.5) is 0 Å². The Morgan fingerprint density at radius 1 is 1.31 bits per heavy atom. The normalized spacial score (nSPS) is 26.6. The minimum Gasteiger partial charge on any atom is -0.381 e. The van der Waals surface area contributed by atoms with Gasteiger partial charge in [-0.2, -0.15) is 0 Å². The minimum absolute atomic E-state index is 0.238. The van der Waals surface area contributed by atoms with Gasteiger partial charge < -0.3 is 10.5 Å². The lowest BCUT2D eigenvalue weighted by atomic mass is 9.88. The smallest absolute Gasteiger partial charge is 0.0988 e. The van der Waals surface area contributed by atoms with E-state index in [9.17, 15) is 0 Å². The van der Waals surface area contributed by atoms with Crippen molar-refractivity contribution >= 4 is 11.3 Å². The van der Waals surface area contributed by atoms with Crippen molar-refractivity contribution in [3.8, 4) is 0 Å². The zero-order valence-electron chi connectivity index (χ0n) is 9.66. The molecule has 1 saturated carbocycles. The van der Waals surface area contributed by atoms with Gasteiger partial charge in [0, 0.05) is 24.0 Å². The van der Waals surface area contributed by atoms with Crippen LogP contribution in [0.5, 0.6) is 0 Å². The molecule has 1 aliphatic heterocycles. The van der Waals surface area contributed by atoms with Gasteiger partial charge in [-0.15, -0.1) is 11.3 Å². The standard InChI is InChI=1S/C12H18N2OS/c1-11(2-3-11)10-14-9(8-16-10)12(13)4-6-15-7-5-12/h8H,2-7,13H2,1H3. The SMILES string of the molecule is CC1(c2nc(C3(N)CCOCC3)cs2)CC1. The molecule has 3 rings (SSSR count). The van der Waals surface area contributed by atoms with Gasteiger partial charge in [-0.25, -0.2) is 4.98 Å². The monoisotopic (exact) mass is 238 g/mol. The first-order valence-electron chi connectivity index (χ1n) is 5.96. The summed E-state index contributed by atoms with van der Waals surface area (Å²) in [6.45, 7) is 3.82. The first kappa shape index (κ1) is 10.7. The largest absolute Gasteiger partial charge is 0.381 e. The Morgan fingerprint density at radius 2 is 2.00 bits per heavy atom. The maximum absolute atomic E-state index is 6.42. The number of ether oxygens (including phenoxy) is 1. The number of hydrogen-bond donors (Lipinski definition) is 1. The summed E-state index contributed by atoms with van der Waals surface area (Å²) >= 11 is 1.78. The second-order valence-corrected chi connectivity index (χ2v) is 6.23. The molecule has 3 nitrogen and oxygen atoms in total. The summed E-state index contributed by atoms with van der Waals surface area (Å²) in [4.78, 5) is 4.78. The number of hydrogen-bond acceptors (Lipinski definition) is 4. The van der Waals surface area contributed by atoms with Crippen molar-refractivity contribution in [2.24, 2.45) is 5.73 Å². The zero-order chi connectivity index (χ0) is 11.2. The molecule has 0 radical (unpaired) electrons. The van der Waals surface area contributed by atoms with Gasteiger partial charge in [0.05, 0.1) is 16.2 Å². The van der Waals surface area contributed by atoms with Crippen LogP contribution in [0.3, 0.4) is 0 Å². The summed E-state index contributed by atoms with van der Waals surface area (Å²) < 4.78 is 5.37. The average Bonchev–Trinajstić information content (AvgIpc) is 2.84. The lowest BCUT2D eigenvalue weighted by Gasteiger charge is -2.31. The molecule has 0 bridgehead atoms. The molecule has 1 aromatic heterocycles. The van der Waals surface area contributed by atoms with Gasteiger partial charge in [-0.05, 0) is 25.7 Å². The molecule has 2 aliphatic rings. The topological polar surface area (TPSA) is 48.1 Å². The fourth-order valence-corrected chi connectivity index (χ4v) is 3.32. The van der Waals surface area contributed by atoms with Crippen LogP contribution in [0.15, 0.2) is 5.38 Å². The van der Waals surface area contributed by atoms with Crippen LogP contribution in [-0.2, 0) is 15.7 Å². The van der Waals surface area contributed by atoms with Crippen molar-refractivity contribution in [2.45, 2.75) is 43.6 Å². The van der Waals surface area contributed by atoms with E-state index in [1.807, 2.05) is 0 Å². The van der Waals surface area contributed by atoms with Crippen LogP contribution in [0.25, 0.3) is 0 Å². The van der Waals surface area contributed by atoms with Gasteiger partial charge in [0.1, 0.15) is 0 Å². The van der Waals surface area contributed by atoms with E-state index in [0.29, 0.717) is 5.41 Å². The first-order valence-corrected chi connectivity index (χ1v) is 6.84. The molecule has 4 heteroatoms. The molecular formula is C12H18N2OS. The Balaban J connectivity index is 1.85. The van der Waals surface area contributed by atoms with E-state index in [1.54, 1.807) is 11.3 Å². The molecular weight excluding hydrogens is 220 g/mol. The van der Waals surface area contributed by atoms with E-state index in [0.717, 1.165) is 31.7 Å². The highest BCUT2D eigenvalue weighted by atomic mass is 32.1. The molecule has 1 aliphatic carbocycles. The van der Waals surface area contributed by atoms with Crippen LogP contribution >= 0.6 is 11.3 Å². The van der Waals surface area contributed by atoms with Crippen molar-refractivity contribution in [3.63, 3.8) is 0 Å². The molecule has 0 unspecified atom stereocenters. The minimum atomic E-state index is -0.238. The van der Waals surface area contributed by atoms with E-state index in [1.165, 1.54) is 17.8 Å². The van der Waals surface area contributed by atoms with E-state index < -0.39 is 0 Å². The molecule has 2 N–H and O–H groups in total. The summed E-state index contributed by atoms with van der Waals surface area (Å²) in [5, 5.41) is 3.43. The third kappa shape index (κ3) is 1.69. The number of aromatic nitrogens is 1. The summed E-state index contributed by atoms with van der Waals surface area (Å²) in [6.07, 6.45) is 4.35. The van der Waals surface area contributed by atoms with E-state index in [-0.39, 0.29) is 5.54 Å². The van der Waals surface area contributed by atoms with Gasteiger partial charge in [0.15, 0.2) is 0 Å².